The van der Waals surface area contributed by atoms with Gasteiger partial charge < -0.3 is 19.0 Å². The predicted molar refractivity (Wildman–Crippen MR) is 123 cm³/mol. The fourth-order valence-electron chi connectivity index (χ4n) is 3.97. The topological polar surface area (TPSA) is 61.5 Å². The smallest absolute Gasteiger partial charge is 0.286 e. The van der Waals surface area contributed by atoms with Crippen LogP contribution in [-0.4, -0.2) is 73.4 Å². The molecule has 3 aliphatic heterocycles. The van der Waals surface area contributed by atoms with Gasteiger partial charge in [0.05, 0.1) is 18.1 Å². The van der Waals surface area contributed by atoms with Crippen molar-refractivity contribution in [2.75, 3.05) is 57.4 Å². The second kappa shape index (κ2) is 9.30. The molecule has 0 atom stereocenters. The van der Waals surface area contributed by atoms with Crippen molar-refractivity contribution in [3.05, 3.63) is 58.7 Å². The number of amidine groups is 1. The van der Waals surface area contributed by atoms with Gasteiger partial charge in [0.25, 0.3) is 5.91 Å². The van der Waals surface area contributed by atoms with Gasteiger partial charge in [-0.15, -0.1) is 0 Å². The van der Waals surface area contributed by atoms with Crippen molar-refractivity contribution in [1.29, 1.82) is 0 Å². The van der Waals surface area contributed by atoms with Crippen molar-refractivity contribution >= 4 is 34.8 Å². The molecule has 1 amide bonds. The highest BCUT2D eigenvalue weighted by molar-refractivity contribution is 8.18. The highest BCUT2D eigenvalue weighted by Crippen LogP contribution is 2.32. The summed E-state index contributed by atoms with van der Waals surface area (Å²) in [6, 6.07) is 14.4. The first-order chi connectivity index (χ1) is 15.2. The van der Waals surface area contributed by atoms with Crippen LogP contribution in [0.4, 0.5) is 5.88 Å². The zero-order valence-corrected chi connectivity index (χ0v) is 18.2. The number of rotatable bonds is 4. The summed E-state index contributed by atoms with van der Waals surface area (Å²) in [6.45, 7) is 7.69. The lowest BCUT2D eigenvalue weighted by molar-refractivity contribution is -0.113. The van der Waals surface area contributed by atoms with Crippen LogP contribution in [0.5, 0.6) is 0 Å². The lowest BCUT2D eigenvalue weighted by atomic mass is 10.2. The van der Waals surface area contributed by atoms with Crippen LogP contribution >= 0.6 is 11.8 Å². The van der Waals surface area contributed by atoms with Crippen molar-refractivity contribution < 1.29 is 13.9 Å². The minimum atomic E-state index is -0.184. The number of aliphatic imine (C=N–C) groups is 1. The summed E-state index contributed by atoms with van der Waals surface area (Å²) in [5, 5.41) is 0.801. The Morgan fingerprint density at radius 3 is 2.48 bits per heavy atom. The molecule has 0 N–H and O–H groups in total. The number of amides is 1. The van der Waals surface area contributed by atoms with E-state index in [9.17, 15) is 4.79 Å². The van der Waals surface area contributed by atoms with E-state index in [0.717, 1.165) is 56.9 Å². The second-order valence-electron chi connectivity index (χ2n) is 7.83. The van der Waals surface area contributed by atoms with Gasteiger partial charge in [0, 0.05) is 58.0 Å². The van der Waals surface area contributed by atoms with Crippen LogP contribution in [-0.2, 0) is 16.1 Å². The fraction of sp³-hybridized carbons (Fsp3) is 0.391. The van der Waals surface area contributed by atoms with Crippen molar-refractivity contribution in [1.82, 2.24) is 9.80 Å². The summed E-state index contributed by atoms with van der Waals surface area (Å²) in [7, 11) is 0. The molecule has 0 spiro atoms. The van der Waals surface area contributed by atoms with Crippen molar-refractivity contribution in [3.8, 4) is 0 Å². The second-order valence-corrected chi connectivity index (χ2v) is 8.84. The molecular formula is C23H26N4O3S. The summed E-state index contributed by atoms with van der Waals surface area (Å²) in [5.41, 5.74) is 1.33. The Kier molecular flexibility index (Phi) is 6.11. The number of ether oxygens (including phenoxy) is 1. The molecule has 0 aliphatic carbocycles. The van der Waals surface area contributed by atoms with E-state index in [1.165, 1.54) is 17.3 Å². The molecule has 0 bridgehead atoms. The zero-order chi connectivity index (χ0) is 21.0. The molecule has 2 aromatic rings. The van der Waals surface area contributed by atoms with E-state index in [0.29, 0.717) is 23.9 Å². The minimum Gasteiger partial charge on any atom is -0.441 e. The van der Waals surface area contributed by atoms with Crippen LogP contribution in [0.25, 0.3) is 6.08 Å². The van der Waals surface area contributed by atoms with E-state index in [1.807, 2.05) is 18.2 Å². The lowest BCUT2D eigenvalue weighted by Gasteiger charge is -2.35. The number of morpholine rings is 1. The third kappa shape index (κ3) is 4.87. The average Bonchev–Trinajstić information content (AvgIpc) is 3.43. The number of hydrogen-bond acceptors (Lipinski definition) is 7. The van der Waals surface area contributed by atoms with Crippen molar-refractivity contribution in [2.24, 2.45) is 4.99 Å². The van der Waals surface area contributed by atoms with E-state index < -0.39 is 0 Å². The summed E-state index contributed by atoms with van der Waals surface area (Å²) in [5.74, 6) is 1.32. The van der Waals surface area contributed by atoms with E-state index in [-0.39, 0.29) is 5.91 Å². The monoisotopic (exact) mass is 438 g/mol. The number of nitrogens with zero attached hydrogens (tertiary/aromatic N) is 4. The van der Waals surface area contributed by atoms with Crippen LogP contribution in [0, 0.1) is 0 Å². The molecule has 5 rings (SSSR count). The molecule has 31 heavy (non-hydrogen) atoms. The molecule has 7 nitrogen and oxygen atoms in total. The molecule has 3 aliphatic rings. The molecular weight excluding hydrogens is 412 g/mol. The normalized spacial score (nSPS) is 21.7. The Hall–Kier alpha value is -2.55. The van der Waals surface area contributed by atoms with Crippen LogP contribution in [0.3, 0.4) is 0 Å². The number of carbonyl (C=O) groups is 1. The van der Waals surface area contributed by atoms with Gasteiger partial charge in [-0.1, -0.05) is 30.3 Å². The maximum atomic E-state index is 12.5. The molecule has 4 heterocycles. The Morgan fingerprint density at radius 1 is 0.935 bits per heavy atom. The highest BCUT2D eigenvalue weighted by Gasteiger charge is 2.29. The Bertz CT molecular complexity index is 974. The zero-order valence-electron chi connectivity index (χ0n) is 17.4. The summed E-state index contributed by atoms with van der Waals surface area (Å²) in [4.78, 5) is 24.2. The van der Waals surface area contributed by atoms with Gasteiger partial charge in [0.1, 0.15) is 5.76 Å². The number of furan rings is 1. The number of thioether (sulfide) groups is 1. The fourth-order valence-corrected chi connectivity index (χ4v) is 4.92. The number of carbonyl (C=O) groups excluding carboxylic acids is 1. The number of anilines is 1. The first-order valence-electron chi connectivity index (χ1n) is 10.7. The first-order valence-corrected chi connectivity index (χ1v) is 11.5. The molecule has 162 valence electrons. The number of piperazine rings is 1. The van der Waals surface area contributed by atoms with E-state index >= 15 is 0 Å². The van der Waals surface area contributed by atoms with Crippen LogP contribution in [0.15, 0.2) is 56.8 Å². The van der Waals surface area contributed by atoms with Crippen molar-refractivity contribution in [2.45, 2.75) is 6.54 Å². The van der Waals surface area contributed by atoms with Gasteiger partial charge in [-0.05, 0) is 23.4 Å². The number of hydrogen-bond donors (Lipinski definition) is 0. The van der Waals surface area contributed by atoms with Gasteiger partial charge in [-0.25, -0.2) is 0 Å². The van der Waals surface area contributed by atoms with Gasteiger partial charge in [-0.2, -0.15) is 4.99 Å². The molecule has 1 aromatic heterocycles. The quantitative estimate of drug-likeness (QED) is 0.680. The van der Waals surface area contributed by atoms with Gasteiger partial charge in [0.15, 0.2) is 11.1 Å². The first kappa shape index (κ1) is 20.4. The maximum Gasteiger partial charge on any atom is 0.286 e. The predicted octanol–water partition coefficient (Wildman–Crippen LogP) is 2.90. The third-order valence-electron chi connectivity index (χ3n) is 5.71. The Balaban J connectivity index is 1.17. The third-order valence-corrected chi connectivity index (χ3v) is 6.75. The van der Waals surface area contributed by atoms with Gasteiger partial charge >= 0.3 is 0 Å². The Labute approximate surface area is 186 Å². The van der Waals surface area contributed by atoms with Crippen LogP contribution < -0.4 is 4.90 Å². The van der Waals surface area contributed by atoms with Crippen LogP contribution in [0.1, 0.15) is 11.3 Å². The number of benzene rings is 1. The van der Waals surface area contributed by atoms with Gasteiger partial charge in [-0.3, -0.25) is 9.69 Å². The SMILES string of the molecule is O=C1N=C(N2CCN(Cc3ccccc3)CC2)S/C1=C\c1ccc(N2CCOCC2)o1. The van der Waals surface area contributed by atoms with Crippen LogP contribution in [0.2, 0.25) is 0 Å². The highest BCUT2D eigenvalue weighted by atomic mass is 32.2. The molecule has 2 fully saturated rings. The molecule has 0 radical (unpaired) electrons. The van der Waals surface area contributed by atoms with E-state index in [4.69, 9.17) is 9.15 Å². The molecule has 0 unspecified atom stereocenters. The summed E-state index contributed by atoms with van der Waals surface area (Å²) >= 11 is 1.45. The van der Waals surface area contributed by atoms with E-state index in [1.54, 1.807) is 6.08 Å². The maximum absolute atomic E-state index is 12.5. The molecule has 1 aromatic carbocycles. The molecule has 8 heteroatoms. The average molecular weight is 439 g/mol. The summed E-state index contributed by atoms with van der Waals surface area (Å²) < 4.78 is 11.3. The standard InChI is InChI=1S/C23H26N4O3S/c28-22-20(16-19-6-7-21(30-19)26-12-14-29-15-13-26)31-23(24-22)27-10-8-25(9-11-27)17-18-4-2-1-3-5-18/h1-7,16H,8-15,17H2/b20-16-. The lowest BCUT2D eigenvalue weighted by Crippen LogP contribution is -2.47. The van der Waals surface area contributed by atoms with E-state index in [2.05, 4.69) is 44.0 Å². The Morgan fingerprint density at radius 2 is 1.71 bits per heavy atom. The summed E-state index contributed by atoms with van der Waals surface area (Å²) in [6.07, 6.45) is 1.80. The van der Waals surface area contributed by atoms with Gasteiger partial charge in [0.2, 0.25) is 0 Å². The molecule has 0 saturated carbocycles. The largest absolute Gasteiger partial charge is 0.441 e. The minimum absolute atomic E-state index is 0.184. The molecule has 2 saturated heterocycles. The van der Waals surface area contributed by atoms with Crippen molar-refractivity contribution in [3.63, 3.8) is 0 Å².